The molecule has 1 aromatic heterocycles. The Morgan fingerprint density at radius 1 is 1.22 bits per heavy atom. The Hall–Kier alpha value is -1.07. The predicted molar refractivity (Wildman–Crippen MR) is 98.0 cm³/mol. The van der Waals surface area contributed by atoms with Crippen molar-refractivity contribution in [2.45, 2.75) is 50.2 Å². The second-order valence-electron chi connectivity index (χ2n) is 7.08. The van der Waals surface area contributed by atoms with Gasteiger partial charge in [-0.1, -0.05) is 0 Å². The molecule has 0 aliphatic carbocycles. The Labute approximate surface area is 160 Å². The summed E-state index contributed by atoms with van der Waals surface area (Å²) in [6.45, 7) is 2.41. The number of ether oxygens (including phenoxy) is 2. The van der Waals surface area contributed by atoms with E-state index >= 15 is 0 Å². The molecule has 4 atom stereocenters. The lowest BCUT2D eigenvalue weighted by Gasteiger charge is -2.33. The van der Waals surface area contributed by atoms with Gasteiger partial charge in [-0.05, 0) is 19.3 Å². The highest BCUT2D eigenvalue weighted by atomic mass is 16.5. The zero-order valence-corrected chi connectivity index (χ0v) is 16.0. The Balaban J connectivity index is 2.06. The second-order valence-corrected chi connectivity index (χ2v) is 7.08. The largest absolute Gasteiger partial charge is 0.394 e. The third-order valence-electron chi connectivity index (χ3n) is 4.64. The molecular formula is C18H33N3O6. The molecular weight excluding hydrogens is 354 g/mol. The highest BCUT2D eigenvalue weighted by molar-refractivity contribution is 4.96. The lowest BCUT2D eigenvalue weighted by Crippen LogP contribution is -2.51. The van der Waals surface area contributed by atoms with Crippen molar-refractivity contribution in [3.63, 3.8) is 0 Å². The highest BCUT2D eigenvalue weighted by Crippen LogP contribution is 2.14. The van der Waals surface area contributed by atoms with E-state index < -0.39 is 31.0 Å². The van der Waals surface area contributed by atoms with E-state index in [4.69, 9.17) is 9.47 Å². The quantitative estimate of drug-likeness (QED) is 0.513. The number of hydrogen-bond donors (Lipinski definition) is 4. The summed E-state index contributed by atoms with van der Waals surface area (Å²) in [5.74, 6) is 0. The minimum atomic E-state index is -1.31. The average Bonchev–Trinajstić information content (AvgIpc) is 3.06. The molecule has 0 spiro atoms. The molecule has 1 fully saturated rings. The summed E-state index contributed by atoms with van der Waals surface area (Å²) in [6.07, 6.45) is 1.19. The third-order valence-corrected chi connectivity index (χ3v) is 4.64. The Morgan fingerprint density at radius 3 is 2.67 bits per heavy atom. The summed E-state index contributed by atoms with van der Waals surface area (Å²) >= 11 is 0. The second kappa shape index (κ2) is 11.7. The molecule has 0 saturated carbocycles. The van der Waals surface area contributed by atoms with Crippen LogP contribution in [0.1, 0.15) is 25.0 Å². The zero-order valence-electron chi connectivity index (χ0n) is 16.0. The molecule has 2 heterocycles. The van der Waals surface area contributed by atoms with Crippen LogP contribution in [0.2, 0.25) is 0 Å². The highest BCUT2D eigenvalue weighted by Gasteiger charge is 2.33. The van der Waals surface area contributed by atoms with Gasteiger partial charge in [0.2, 0.25) is 0 Å². The van der Waals surface area contributed by atoms with Gasteiger partial charge in [-0.3, -0.25) is 4.90 Å². The van der Waals surface area contributed by atoms with Gasteiger partial charge in [0.05, 0.1) is 24.7 Å². The predicted octanol–water partition coefficient (Wildman–Crippen LogP) is -1.12. The minimum absolute atomic E-state index is 0.190. The zero-order chi connectivity index (χ0) is 19.6. The topological polar surface area (TPSA) is 120 Å². The molecule has 4 N–H and O–H groups in total. The maximum atomic E-state index is 10.5. The van der Waals surface area contributed by atoms with E-state index in [0.717, 1.165) is 18.5 Å². The normalized spacial score (nSPS) is 28.6. The van der Waals surface area contributed by atoms with E-state index in [9.17, 15) is 20.4 Å². The van der Waals surface area contributed by atoms with Crippen molar-refractivity contribution < 1.29 is 29.9 Å². The summed E-state index contributed by atoms with van der Waals surface area (Å²) in [4.78, 5) is 6.31. The van der Waals surface area contributed by atoms with Crippen LogP contribution < -0.4 is 0 Å². The fourth-order valence-electron chi connectivity index (χ4n) is 3.16. The molecule has 2 rings (SSSR count). The first kappa shape index (κ1) is 22.2. The molecule has 9 heteroatoms. The number of hydrogen-bond acceptors (Lipinski definition) is 8. The molecule has 156 valence electrons. The minimum Gasteiger partial charge on any atom is -0.394 e. The first-order valence-electron chi connectivity index (χ1n) is 9.55. The Kier molecular flexibility index (Phi) is 9.63. The van der Waals surface area contributed by atoms with Crippen LogP contribution >= 0.6 is 0 Å². The molecule has 27 heavy (non-hydrogen) atoms. The average molecular weight is 387 g/mol. The van der Waals surface area contributed by atoms with E-state index in [1.165, 1.54) is 0 Å². The van der Waals surface area contributed by atoms with E-state index in [2.05, 4.69) is 4.98 Å². The summed E-state index contributed by atoms with van der Waals surface area (Å²) in [6, 6.07) is 0. The van der Waals surface area contributed by atoms with Gasteiger partial charge in [0, 0.05) is 52.7 Å². The van der Waals surface area contributed by atoms with Crippen LogP contribution in [-0.4, -0.2) is 98.8 Å². The third kappa shape index (κ3) is 7.46. The van der Waals surface area contributed by atoms with Gasteiger partial charge >= 0.3 is 0 Å². The molecule has 1 aliphatic rings. The number of aryl methyl sites for hydroxylation is 1. The molecule has 0 radical (unpaired) electrons. The summed E-state index contributed by atoms with van der Waals surface area (Å²) in [5.41, 5.74) is 0.865. The van der Waals surface area contributed by atoms with Gasteiger partial charge < -0.3 is 34.5 Å². The maximum Gasteiger partial charge on any atom is 0.114 e. The van der Waals surface area contributed by atoms with Crippen molar-refractivity contribution >= 4 is 0 Å². The lowest BCUT2D eigenvalue weighted by molar-refractivity contribution is -0.147. The van der Waals surface area contributed by atoms with Gasteiger partial charge in [-0.25, -0.2) is 4.98 Å². The van der Waals surface area contributed by atoms with Crippen molar-refractivity contribution in [2.75, 3.05) is 39.5 Å². The van der Waals surface area contributed by atoms with Gasteiger partial charge in [0.1, 0.15) is 18.3 Å². The van der Waals surface area contributed by atoms with Crippen LogP contribution in [0.15, 0.2) is 12.5 Å². The lowest BCUT2D eigenvalue weighted by atomic mass is 10.0. The Bertz CT molecular complexity index is 529. The van der Waals surface area contributed by atoms with Crippen molar-refractivity contribution in [2.24, 2.45) is 7.05 Å². The summed E-state index contributed by atoms with van der Waals surface area (Å²) in [5, 5.41) is 40.3. The molecule has 0 bridgehead atoms. The molecule has 0 amide bonds. The summed E-state index contributed by atoms with van der Waals surface area (Å²) in [7, 11) is 1.89. The fraction of sp³-hybridized carbons (Fsp3) is 0.833. The van der Waals surface area contributed by atoms with Gasteiger partial charge in [-0.15, -0.1) is 0 Å². The van der Waals surface area contributed by atoms with Gasteiger partial charge in [0.25, 0.3) is 0 Å². The van der Waals surface area contributed by atoms with Gasteiger partial charge in [-0.2, -0.15) is 0 Å². The van der Waals surface area contributed by atoms with Crippen molar-refractivity contribution in [1.29, 1.82) is 0 Å². The van der Waals surface area contributed by atoms with Crippen molar-refractivity contribution in [3.8, 4) is 0 Å². The van der Waals surface area contributed by atoms with E-state index in [-0.39, 0.29) is 6.54 Å². The monoisotopic (exact) mass is 387 g/mol. The number of aliphatic hydroxyl groups excluding tert-OH is 4. The van der Waals surface area contributed by atoms with Crippen LogP contribution in [-0.2, 0) is 23.1 Å². The SMILES string of the molecule is Cn1cnc(CN2CCCOCCCCO[C@H]([C@H](O)CO)[C@H](O)[C@H](O)C2)c1. The van der Waals surface area contributed by atoms with Crippen molar-refractivity contribution in [1.82, 2.24) is 14.5 Å². The van der Waals surface area contributed by atoms with E-state index in [1.54, 1.807) is 6.33 Å². The Morgan fingerprint density at radius 2 is 1.96 bits per heavy atom. The molecule has 0 aromatic carbocycles. The van der Waals surface area contributed by atoms with Crippen molar-refractivity contribution in [3.05, 3.63) is 18.2 Å². The number of β-amino-alcohol motifs (C(OH)–C–C–N with tert-alkyl or cyclic N) is 1. The van der Waals surface area contributed by atoms with E-state index in [0.29, 0.717) is 39.3 Å². The fourth-order valence-corrected chi connectivity index (χ4v) is 3.16. The van der Waals surface area contributed by atoms with Crippen LogP contribution in [0.25, 0.3) is 0 Å². The molecule has 1 saturated heterocycles. The molecule has 1 aromatic rings. The van der Waals surface area contributed by atoms with Crippen LogP contribution in [0.4, 0.5) is 0 Å². The first-order chi connectivity index (χ1) is 13.0. The molecule has 9 nitrogen and oxygen atoms in total. The molecule has 0 unspecified atom stereocenters. The number of aliphatic hydroxyl groups is 4. The van der Waals surface area contributed by atoms with Crippen LogP contribution in [0.3, 0.4) is 0 Å². The first-order valence-corrected chi connectivity index (χ1v) is 9.55. The number of nitrogens with zero attached hydrogens (tertiary/aromatic N) is 3. The van der Waals surface area contributed by atoms with Crippen LogP contribution in [0, 0.1) is 0 Å². The van der Waals surface area contributed by atoms with E-state index in [1.807, 2.05) is 22.7 Å². The van der Waals surface area contributed by atoms with Gasteiger partial charge in [0.15, 0.2) is 0 Å². The standard InChI is InChI=1S/C18H33N3O6/c1-20-9-14(19-13-20)10-21-5-4-7-26-6-2-3-8-27-18(16(24)12-22)17(25)15(23)11-21/h9,13,15-18,22-25H,2-8,10-12H2,1H3/t15-,16-,17-,18-/m1/s1. The smallest absolute Gasteiger partial charge is 0.114 e. The van der Waals surface area contributed by atoms with Crippen LogP contribution in [0.5, 0.6) is 0 Å². The maximum absolute atomic E-state index is 10.5. The molecule has 1 aliphatic heterocycles. The number of aromatic nitrogens is 2. The summed E-state index contributed by atoms with van der Waals surface area (Å²) < 4.78 is 13.0. The number of imidazole rings is 1. The number of rotatable bonds is 4.